The molecule has 0 amide bonds. The van der Waals surface area contributed by atoms with E-state index >= 15 is 0 Å². The molecule has 19 heavy (non-hydrogen) atoms. The Morgan fingerprint density at radius 1 is 1.63 bits per heavy atom. The summed E-state index contributed by atoms with van der Waals surface area (Å²) in [7, 11) is 1.64. The zero-order valence-corrected chi connectivity index (χ0v) is 12.1. The summed E-state index contributed by atoms with van der Waals surface area (Å²) in [5.74, 6) is -0.439. The Hall–Kier alpha value is -1.33. The maximum atomic E-state index is 10.9. The van der Waals surface area contributed by atoms with Crippen LogP contribution in [-0.2, 0) is 4.74 Å². The van der Waals surface area contributed by atoms with Gasteiger partial charge < -0.3 is 14.7 Å². The molecule has 0 bridgehead atoms. The SMILES string of the molecule is CCC(C)N(CCOC)c1ncc(C(=O)O)cc1Cl. The Morgan fingerprint density at radius 3 is 2.79 bits per heavy atom. The number of methoxy groups -OCH3 is 1. The highest BCUT2D eigenvalue weighted by Gasteiger charge is 2.18. The average molecular weight is 287 g/mol. The van der Waals surface area contributed by atoms with Gasteiger partial charge in [0.05, 0.1) is 17.2 Å². The zero-order valence-electron chi connectivity index (χ0n) is 11.4. The van der Waals surface area contributed by atoms with Crippen LogP contribution in [0.4, 0.5) is 5.82 Å². The number of hydrogen-bond donors (Lipinski definition) is 1. The van der Waals surface area contributed by atoms with Gasteiger partial charge in [-0.1, -0.05) is 18.5 Å². The Kier molecular flexibility index (Phi) is 6.05. The molecule has 1 N–H and O–H groups in total. The van der Waals surface area contributed by atoms with Gasteiger partial charge in [0.1, 0.15) is 5.82 Å². The lowest BCUT2D eigenvalue weighted by atomic mass is 10.2. The highest BCUT2D eigenvalue weighted by atomic mass is 35.5. The Morgan fingerprint density at radius 2 is 2.32 bits per heavy atom. The lowest BCUT2D eigenvalue weighted by Crippen LogP contribution is -2.36. The van der Waals surface area contributed by atoms with Gasteiger partial charge in [-0.05, 0) is 19.4 Å². The van der Waals surface area contributed by atoms with E-state index in [1.807, 2.05) is 4.90 Å². The van der Waals surface area contributed by atoms with Gasteiger partial charge in [-0.25, -0.2) is 9.78 Å². The third-order valence-electron chi connectivity index (χ3n) is 3.00. The van der Waals surface area contributed by atoms with Crippen molar-refractivity contribution < 1.29 is 14.6 Å². The zero-order chi connectivity index (χ0) is 14.4. The summed E-state index contributed by atoms with van der Waals surface area (Å²) >= 11 is 6.14. The third-order valence-corrected chi connectivity index (χ3v) is 3.28. The van der Waals surface area contributed by atoms with E-state index in [2.05, 4.69) is 18.8 Å². The summed E-state index contributed by atoms with van der Waals surface area (Å²) in [6, 6.07) is 1.67. The van der Waals surface area contributed by atoms with Gasteiger partial charge in [0.15, 0.2) is 0 Å². The monoisotopic (exact) mass is 286 g/mol. The predicted octanol–water partition coefficient (Wildman–Crippen LogP) is 2.68. The van der Waals surface area contributed by atoms with Crippen LogP contribution in [0.1, 0.15) is 30.6 Å². The molecule has 5 nitrogen and oxygen atoms in total. The fourth-order valence-corrected chi connectivity index (χ4v) is 1.98. The van der Waals surface area contributed by atoms with Crippen molar-refractivity contribution in [3.8, 4) is 0 Å². The topological polar surface area (TPSA) is 62.7 Å². The second-order valence-corrected chi connectivity index (χ2v) is 4.69. The van der Waals surface area contributed by atoms with Gasteiger partial charge in [0.2, 0.25) is 0 Å². The minimum Gasteiger partial charge on any atom is -0.478 e. The molecule has 0 saturated heterocycles. The smallest absolute Gasteiger partial charge is 0.337 e. The summed E-state index contributed by atoms with van der Waals surface area (Å²) < 4.78 is 5.08. The molecule has 1 rings (SSSR count). The summed E-state index contributed by atoms with van der Waals surface area (Å²) in [4.78, 5) is 17.1. The van der Waals surface area contributed by atoms with E-state index in [9.17, 15) is 4.79 Å². The molecule has 1 aromatic heterocycles. The molecular formula is C13H19ClN2O3. The molecular weight excluding hydrogens is 268 g/mol. The quantitative estimate of drug-likeness (QED) is 0.835. The molecule has 106 valence electrons. The van der Waals surface area contributed by atoms with E-state index in [0.717, 1.165) is 6.42 Å². The molecule has 0 spiro atoms. The van der Waals surface area contributed by atoms with E-state index in [0.29, 0.717) is 24.0 Å². The van der Waals surface area contributed by atoms with Gasteiger partial charge in [0.25, 0.3) is 0 Å². The summed E-state index contributed by atoms with van der Waals surface area (Å²) in [5, 5.41) is 9.25. The molecule has 0 aliphatic rings. The van der Waals surface area contributed by atoms with E-state index in [-0.39, 0.29) is 11.6 Å². The summed E-state index contributed by atoms with van der Waals surface area (Å²) in [5.41, 5.74) is 0.0876. The van der Waals surface area contributed by atoms with Crippen molar-refractivity contribution in [2.75, 3.05) is 25.2 Å². The molecule has 1 aromatic rings. The van der Waals surface area contributed by atoms with Crippen molar-refractivity contribution in [3.63, 3.8) is 0 Å². The standard InChI is InChI=1S/C13H19ClN2O3/c1-4-9(2)16(5-6-19-3)12-11(14)7-10(8-15-12)13(17)18/h7-9H,4-6H2,1-3H3,(H,17,18). The third kappa shape index (κ3) is 4.08. The largest absolute Gasteiger partial charge is 0.478 e. The second-order valence-electron chi connectivity index (χ2n) is 4.28. The number of carboxylic acids is 1. The van der Waals surface area contributed by atoms with Crippen LogP contribution >= 0.6 is 11.6 Å². The summed E-state index contributed by atoms with van der Waals surface area (Å²) in [6.45, 7) is 5.36. The minimum absolute atomic E-state index is 0.0876. The number of rotatable bonds is 7. The van der Waals surface area contributed by atoms with Crippen LogP contribution in [0.5, 0.6) is 0 Å². The van der Waals surface area contributed by atoms with Gasteiger partial charge in [-0.2, -0.15) is 0 Å². The van der Waals surface area contributed by atoms with Crippen molar-refractivity contribution in [1.29, 1.82) is 0 Å². The lowest BCUT2D eigenvalue weighted by molar-refractivity contribution is 0.0696. The van der Waals surface area contributed by atoms with Gasteiger partial charge in [-0.15, -0.1) is 0 Å². The second kappa shape index (κ2) is 7.31. The van der Waals surface area contributed by atoms with Crippen LogP contribution < -0.4 is 4.90 Å². The molecule has 1 unspecified atom stereocenters. The first-order valence-electron chi connectivity index (χ1n) is 6.15. The van der Waals surface area contributed by atoms with Crippen molar-refractivity contribution in [1.82, 2.24) is 4.98 Å². The number of nitrogens with zero attached hydrogens (tertiary/aromatic N) is 2. The number of halogens is 1. The van der Waals surface area contributed by atoms with E-state index in [1.165, 1.54) is 12.3 Å². The molecule has 0 aliphatic carbocycles. The van der Waals surface area contributed by atoms with E-state index in [1.54, 1.807) is 7.11 Å². The number of ether oxygens (including phenoxy) is 1. The minimum atomic E-state index is -1.03. The normalized spacial score (nSPS) is 12.2. The Balaban J connectivity index is 3.04. The molecule has 6 heteroatoms. The number of aromatic nitrogens is 1. The van der Waals surface area contributed by atoms with Crippen LogP contribution in [0.2, 0.25) is 5.02 Å². The fraction of sp³-hybridized carbons (Fsp3) is 0.538. The molecule has 0 aromatic carbocycles. The predicted molar refractivity (Wildman–Crippen MR) is 75.2 cm³/mol. The number of carbonyl (C=O) groups is 1. The van der Waals surface area contributed by atoms with Crippen LogP contribution in [0.25, 0.3) is 0 Å². The number of carboxylic acid groups (broad SMARTS) is 1. The highest BCUT2D eigenvalue weighted by Crippen LogP contribution is 2.26. The lowest BCUT2D eigenvalue weighted by Gasteiger charge is -2.30. The van der Waals surface area contributed by atoms with Crippen molar-refractivity contribution >= 4 is 23.4 Å². The maximum absolute atomic E-state index is 10.9. The molecule has 0 aliphatic heterocycles. The van der Waals surface area contributed by atoms with E-state index < -0.39 is 5.97 Å². The van der Waals surface area contributed by atoms with Crippen LogP contribution in [-0.4, -0.2) is 42.4 Å². The molecule has 1 heterocycles. The number of hydrogen-bond acceptors (Lipinski definition) is 4. The average Bonchev–Trinajstić information content (AvgIpc) is 2.39. The van der Waals surface area contributed by atoms with Crippen LogP contribution in [0.3, 0.4) is 0 Å². The maximum Gasteiger partial charge on any atom is 0.337 e. The van der Waals surface area contributed by atoms with Gasteiger partial charge in [-0.3, -0.25) is 0 Å². The molecule has 0 saturated carbocycles. The van der Waals surface area contributed by atoms with Crippen LogP contribution in [0.15, 0.2) is 12.3 Å². The first kappa shape index (κ1) is 15.7. The molecule has 0 fully saturated rings. The molecule has 0 radical (unpaired) electrons. The van der Waals surface area contributed by atoms with Crippen molar-refractivity contribution in [3.05, 3.63) is 22.8 Å². The van der Waals surface area contributed by atoms with Gasteiger partial charge >= 0.3 is 5.97 Å². The van der Waals surface area contributed by atoms with Crippen molar-refractivity contribution in [2.45, 2.75) is 26.3 Å². The Bertz CT molecular complexity index is 440. The van der Waals surface area contributed by atoms with E-state index in [4.69, 9.17) is 21.4 Å². The van der Waals surface area contributed by atoms with Crippen molar-refractivity contribution in [2.24, 2.45) is 0 Å². The highest BCUT2D eigenvalue weighted by molar-refractivity contribution is 6.33. The van der Waals surface area contributed by atoms with Gasteiger partial charge in [0, 0.05) is 25.9 Å². The first-order valence-corrected chi connectivity index (χ1v) is 6.53. The Labute approximate surface area is 118 Å². The first-order chi connectivity index (χ1) is 9.01. The van der Waals surface area contributed by atoms with Crippen LogP contribution in [0, 0.1) is 0 Å². The number of aromatic carboxylic acids is 1. The molecule has 1 atom stereocenters. The number of pyridine rings is 1. The summed E-state index contributed by atoms with van der Waals surface area (Å²) in [6.07, 6.45) is 2.26. The fourth-order valence-electron chi connectivity index (χ4n) is 1.70. The number of anilines is 1.